The molecule has 194 valence electrons. The van der Waals surface area contributed by atoms with Crippen LogP contribution >= 0.6 is 7.75 Å². The van der Waals surface area contributed by atoms with E-state index < -0.39 is 37.7 Å². The van der Waals surface area contributed by atoms with Crippen LogP contribution in [0, 0.1) is 36.3 Å². The third-order valence-corrected chi connectivity index (χ3v) is 7.39. The minimum atomic E-state index is -3.78. The van der Waals surface area contributed by atoms with Crippen molar-refractivity contribution in [2.75, 3.05) is 69.4 Å². The van der Waals surface area contributed by atoms with Crippen molar-refractivity contribution in [1.29, 1.82) is 0 Å². The van der Waals surface area contributed by atoms with Gasteiger partial charge in [-0.15, -0.1) is 12.8 Å². The molecule has 1 aromatic carbocycles. The third-order valence-electron chi connectivity index (χ3n) is 5.39. The fourth-order valence-electron chi connectivity index (χ4n) is 3.72. The standard InChI is InChI=1S/C22H25F2N4O7P/c1-4-10-33-36(31,34-11-5-2)27-8-6-26(7-9-27)20-18(23)12-16(13-19(20)24)28-15-17(35-22(28)30)14-25-21(29)32-3/h1-2,12-13,17H,6-11,14-15H2,3H3,(H,25,29)/t17-/m0/s1. The zero-order chi connectivity index (χ0) is 26.3. The number of terminal acetylenes is 2. The van der Waals surface area contributed by atoms with Crippen LogP contribution < -0.4 is 15.1 Å². The van der Waals surface area contributed by atoms with Crippen molar-refractivity contribution < 1.29 is 41.5 Å². The van der Waals surface area contributed by atoms with Crippen LogP contribution in [0.3, 0.4) is 0 Å². The topological polar surface area (TPSA) is 110 Å². The van der Waals surface area contributed by atoms with Crippen molar-refractivity contribution >= 4 is 31.3 Å². The molecule has 2 heterocycles. The van der Waals surface area contributed by atoms with Gasteiger partial charge in [-0.1, -0.05) is 11.8 Å². The fourth-order valence-corrected chi connectivity index (χ4v) is 5.27. The molecule has 0 radical (unpaired) electrons. The molecule has 3 rings (SSSR count). The van der Waals surface area contributed by atoms with Crippen molar-refractivity contribution in [3.05, 3.63) is 23.8 Å². The number of nitrogens with one attached hydrogen (secondary N) is 1. The molecular weight excluding hydrogens is 501 g/mol. The molecule has 1 aromatic rings. The number of hydrogen-bond acceptors (Lipinski definition) is 8. The molecule has 0 aliphatic carbocycles. The highest BCUT2D eigenvalue weighted by Crippen LogP contribution is 2.52. The summed E-state index contributed by atoms with van der Waals surface area (Å²) in [5.41, 5.74) is -0.327. The van der Waals surface area contributed by atoms with Gasteiger partial charge in [0.15, 0.2) is 11.6 Å². The van der Waals surface area contributed by atoms with Gasteiger partial charge in [0.2, 0.25) is 0 Å². The molecule has 0 saturated carbocycles. The molecular formula is C22H25F2N4O7P. The van der Waals surface area contributed by atoms with Gasteiger partial charge in [0, 0.05) is 38.3 Å². The van der Waals surface area contributed by atoms with Crippen molar-refractivity contribution in [2.45, 2.75) is 6.10 Å². The minimum Gasteiger partial charge on any atom is -0.453 e. The first-order valence-corrected chi connectivity index (χ1v) is 12.3. The number of piperazine rings is 1. The van der Waals surface area contributed by atoms with Crippen molar-refractivity contribution in [1.82, 2.24) is 9.99 Å². The summed E-state index contributed by atoms with van der Waals surface area (Å²) >= 11 is 0. The van der Waals surface area contributed by atoms with Crippen LogP contribution in [0.15, 0.2) is 12.1 Å². The Morgan fingerprint density at radius 3 is 2.28 bits per heavy atom. The number of carbonyl (C=O) groups is 2. The van der Waals surface area contributed by atoms with Crippen LogP contribution in [-0.2, 0) is 23.1 Å². The molecule has 2 aliphatic rings. The molecule has 2 saturated heterocycles. The predicted octanol–water partition coefficient (Wildman–Crippen LogP) is 2.18. The summed E-state index contributed by atoms with van der Waals surface area (Å²) in [7, 11) is -2.59. The average Bonchev–Trinajstić information content (AvgIpc) is 3.25. The highest BCUT2D eigenvalue weighted by molar-refractivity contribution is 7.51. The number of hydrogen-bond donors (Lipinski definition) is 1. The molecule has 2 fully saturated rings. The summed E-state index contributed by atoms with van der Waals surface area (Å²) < 4.78 is 64.6. The van der Waals surface area contributed by atoms with Crippen molar-refractivity contribution in [2.24, 2.45) is 0 Å². The number of nitrogens with zero attached hydrogens (tertiary/aromatic N) is 3. The molecule has 1 N–H and O–H groups in total. The van der Waals surface area contributed by atoms with Crippen LogP contribution in [0.25, 0.3) is 0 Å². The van der Waals surface area contributed by atoms with Gasteiger partial charge in [0.05, 0.1) is 25.9 Å². The number of benzene rings is 1. The monoisotopic (exact) mass is 526 g/mol. The average molecular weight is 526 g/mol. The van der Waals surface area contributed by atoms with E-state index in [9.17, 15) is 14.2 Å². The summed E-state index contributed by atoms with van der Waals surface area (Å²) in [6.45, 7) is -0.171. The van der Waals surface area contributed by atoms with E-state index in [4.69, 9.17) is 26.6 Å². The predicted molar refractivity (Wildman–Crippen MR) is 125 cm³/mol. The Kier molecular flexibility index (Phi) is 9.13. The Hall–Kier alpha value is -3.35. The summed E-state index contributed by atoms with van der Waals surface area (Å²) in [5.74, 6) is 2.65. The summed E-state index contributed by atoms with van der Waals surface area (Å²) in [5, 5.41) is 2.40. The summed E-state index contributed by atoms with van der Waals surface area (Å²) in [6, 6.07) is 2.05. The van der Waals surface area contributed by atoms with Gasteiger partial charge in [0.25, 0.3) is 0 Å². The second-order valence-electron chi connectivity index (χ2n) is 7.61. The first-order chi connectivity index (χ1) is 17.2. The smallest absolute Gasteiger partial charge is 0.414 e. The maximum atomic E-state index is 15.0. The Morgan fingerprint density at radius 1 is 1.17 bits per heavy atom. The van der Waals surface area contributed by atoms with Gasteiger partial charge >= 0.3 is 19.9 Å². The zero-order valence-electron chi connectivity index (χ0n) is 19.4. The molecule has 1 atom stereocenters. The fraction of sp³-hybridized carbons (Fsp3) is 0.455. The first kappa shape index (κ1) is 27.2. The van der Waals surface area contributed by atoms with E-state index in [0.717, 1.165) is 17.0 Å². The largest absolute Gasteiger partial charge is 0.453 e. The lowest BCUT2D eigenvalue weighted by Gasteiger charge is -2.38. The molecule has 36 heavy (non-hydrogen) atoms. The number of methoxy groups -OCH3 is 1. The Balaban J connectivity index is 1.68. The maximum absolute atomic E-state index is 15.0. The van der Waals surface area contributed by atoms with Crippen molar-refractivity contribution in [3.8, 4) is 24.7 Å². The van der Waals surface area contributed by atoms with E-state index in [2.05, 4.69) is 21.9 Å². The molecule has 14 heteroatoms. The molecule has 0 bridgehead atoms. The molecule has 0 spiro atoms. The Labute approximate surface area is 207 Å². The summed E-state index contributed by atoms with van der Waals surface area (Å²) in [6.07, 6.45) is 8.12. The van der Waals surface area contributed by atoms with Gasteiger partial charge < -0.3 is 19.7 Å². The number of amides is 2. The normalized spacial score (nSPS) is 18.4. The van der Waals surface area contributed by atoms with E-state index in [1.807, 2.05) is 0 Å². The molecule has 0 unspecified atom stereocenters. The van der Waals surface area contributed by atoms with Crippen LogP contribution in [0.2, 0.25) is 0 Å². The molecule has 0 aromatic heterocycles. The number of rotatable bonds is 9. The lowest BCUT2D eigenvalue weighted by atomic mass is 10.2. The van der Waals surface area contributed by atoms with E-state index in [1.54, 1.807) is 0 Å². The second-order valence-corrected chi connectivity index (χ2v) is 9.63. The van der Waals surface area contributed by atoms with Crippen LogP contribution in [0.1, 0.15) is 0 Å². The maximum Gasteiger partial charge on any atom is 0.414 e. The Morgan fingerprint density at radius 2 is 1.75 bits per heavy atom. The zero-order valence-corrected chi connectivity index (χ0v) is 20.3. The van der Waals surface area contributed by atoms with Gasteiger partial charge in [-0.25, -0.2) is 27.6 Å². The van der Waals surface area contributed by atoms with E-state index in [0.29, 0.717) is 0 Å². The quantitative estimate of drug-likeness (QED) is 0.383. The third kappa shape index (κ3) is 6.25. The molecule has 11 nitrogen and oxygen atoms in total. The van der Waals surface area contributed by atoms with Crippen LogP contribution in [0.4, 0.5) is 29.7 Å². The lowest BCUT2D eigenvalue weighted by molar-refractivity contribution is 0.132. The highest BCUT2D eigenvalue weighted by Gasteiger charge is 2.38. The van der Waals surface area contributed by atoms with E-state index >= 15 is 8.78 Å². The summed E-state index contributed by atoms with van der Waals surface area (Å²) in [4.78, 5) is 25.9. The molecule has 2 aliphatic heterocycles. The van der Waals surface area contributed by atoms with Gasteiger partial charge in [0.1, 0.15) is 25.0 Å². The van der Waals surface area contributed by atoms with Gasteiger partial charge in [-0.3, -0.25) is 13.9 Å². The number of alkyl carbamates (subject to hydrolysis) is 1. The first-order valence-electron chi connectivity index (χ1n) is 10.8. The van der Waals surface area contributed by atoms with E-state index in [1.165, 1.54) is 16.7 Å². The molecule has 2 amide bonds. The van der Waals surface area contributed by atoms with E-state index in [-0.39, 0.29) is 63.9 Å². The van der Waals surface area contributed by atoms with Crippen molar-refractivity contribution in [3.63, 3.8) is 0 Å². The van der Waals surface area contributed by atoms with Crippen LogP contribution in [-0.4, -0.2) is 82.6 Å². The number of ether oxygens (including phenoxy) is 2. The number of cyclic esters (lactones) is 1. The van der Waals surface area contributed by atoms with Crippen LogP contribution in [0.5, 0.6) is 0 Å². The second kappa shape index (κ2) is 12.1. The number of carbonyl (C=O) groups excluding carboxylic acids is 2. The number of anilines is 2. The lowest BCUT2D eigenvalue weighted by Crippen LogP contribution is -2.46. The minimum absolute atomic E-state index is 0.0235. The Bertz CT molecular complexity index is 1070. The van der Waals surface area contributed by atoms with Gasteiger partial charge in [-0.05, 0) is 0 Å². The number of halogens is 2. The SMILES string of the molecule is C#CCOP(=O)(OCC#C)N1CCN(c2c(F)cc(N3C[C@H](CNC(=O)OC)OC3=O)cc2F)CC1. The highest BCUT2D eigenvalue weighted by atomic mass is 31.2. The van der Waals surface area contributed by atoms with Gasteiger partial charge in [-0.2, -0.15) is 0 Å².